The average molecular weight is 349 g/mol. The van der Waals surface area contributed by atoms with E-state index < -0.39 is 33.7 Å². The molecule has 17 heavy (non-hydrogen) atoms. The minimum absolute atomic E-state index is 4.24. The summed E-state index contributed by atoms with van der Waals surface area (Å²) < 4.78 is 108. The number of sulfone groups is 2. The van der Waals surface area contributed by atoms with Gasteiger partial charge in [0.15, 0.2) is 0 Å². The highest BCUT2D eigenvalue weighted by Crippen LogP contribution is 2.48. The lowest BCUT2D eigenvalue weighted by molar-refractivity contribution is -0.0467. The van der Waals surface area contributed by atoms with Crippen molar-refractivity contribution < 1.29 is 43.2 Å². The molecule has 0 N–H and O–H groups in total. The van der Waals surface area contributed by atoms with Gasteiger partial charge in [-0.15, -0.1) is 0 Å². The average Bonchev–Trinajstić information content (AvgIpc) is 1.98. The molecule has 0 aliphatic rings. The maximum absolute atomic E-state index is 11.9. The molecule has 0 spiro atoms. The zero-order chi connectivity index (χ0) is 14.5. The van der Waals surface area contributed by atoms with Crippen molar-refractivity contribution >= 4 is 42.9 Å². The number of alkyl halides is 8. The van der Waals surface area contributed by atoms with Gasteiger partial charge in [0, 0.05) is 0 Å². The summed E-state index contributed by atoms with van der Waals surface area (Å²) in [6.07, 6.45) is 0. The van der Waals surface area contributed by atoms with Gasteiger partial charge in [0.05, 0.1) is 0 Å². The van der Waals surface area contributed by atoms with Crippen molar-refractivity contribution in [1.29, 1.82) is 0 Å². The maximum Gasteiger partial charge on any atom is 0.501 e. The Balaban J connectivity index is 6.14. The van der Waals surface area contributed by atoms with Gasteiger partial charge >= 0.3 is 14.0 Å². The highest BCUT2D eigenvalue weighted by atomic mass is 35.5. The van der Waals surface area contributed by atoms with E-state index in [2.05, 4.69) is 23.2 Å². The van der Waals surface area contributed by atoms with E-state index in [-0.39, 0.29) is 0 Å². The molecule has 0 heterocycles. The van der Waals surface area contributed by atoms with E-state index in [1.807, 2.05) is 0 Å². The lowest BCUT2D eigenvalue weighted by Gasteiger charge is -2.22. The highest BCUT2D eigenvalue weighted by molar-refractivity contribution is 8.15. The second-order valence-electron chi connectivity index (χ2n) is 2.36. The molecule has 14 heteroatoms. The molecule has 0 aliphatic carbocycles. The summed E-state index contributed by atoms with van der Waals surface area (Å²) in [6.45, 7) is 0. The van der Waals surface area contributed by atoms with Crippen LogP contribution in [0.4, 0.5) is 26.3 Å². The topological polar surface area (TPSA) is 68.3 Å². The summed E-state index contributed by atoms with van der Waals surface area (Å²) >= 11 is 8.48. The van der Waals surface area contributed by atoms with Gasteiger partial charge in [-0.1, -0.05) is 23.2 Å². The molecule has 4 nitrogen and oxygen atoms in total. The van der Waals surface area contributed by atoms with E-state index in [0.29, 0.717) is 0 Å². The van der Waals surface area contributed by atoms with Crippen LogP contribution in [0.3, 0.4) is 0 Å². The fourth-order valence-corrected chi connectivity index (χ4v) is 3.72. The zero-order valence-corrected chi connectivity index (χ0v) is 10.1. The van der Waals surface area contributed by atoms with Crippen LogP contribution in [-0.4, -0.2) is 30.8 Å². The smallest absolute Gasteiger partial charge is 0.215 e. The van der Waals surface area contributed by atoms with Crippen molar-refractivity contribution in [2.24, 2.45) is 0 Å². The quantitative estimate of drug-likeness (QED) is 0.565. The van der Waals surface area contributed by atoms with Crippen molar-refractivity contribution in [2.75, 3.05) is 0 Å². The Morgan fingerprint density at radius 2 is 0.824 bits per heavy atom. The number of rotatable bonds is 2. The Morgan fingerprint density at radius 1 is 0.647 bits per heavy atom. The Hall–Kier alpha value is 0.0600. The summed E-state index contributed by atoms with van der Waals surface area (Å²) in [6, 6.07) is 0. The minimum atomic E-state index is -6.99. The van der Waals surface area contributed by atoms with Gasteiger partial charge in [-0.3, -0.25) is 0 Å². The molecule has 0 aliphatic heterocycles. The molecule has 0 fully saturated rings. The summed E-state index contributed by atoms with van der Waals surface area (Å²) in [4.78, 5) is 0. The molecule has 0 amide bonds. The van der Waals surface area contributed by atoms with Crippen LogP contribution in [-0.2, 0) is 19.7 Å². The number of halogens is 8. The second kappa shape index (κ2) is 4.03. The van der Waals surface area contributed by atoms with Gasteiger partial charge in [0.2, 0.25) is 0 Å². The predicted octanol–water partition coefficient (Wildman–Crippen LogP) is 1.94. The van der Waals surface area contributed by atoms with Gasteiger partial charge in [0.1, 0.15) is 0 Å². The van der Waals surface area contributed by atoms with Crippen molar-refractivity contribution in [3.05, 3.63) is 0 Å². The van der Waals surface area contributed by atoms with Gasteiger partial charge in [-0.25, -0.2) is 16.8 Å². The molecule has 0 saturated heterocycles. The lowest BCUT2D eigenvalue weighted by Crippen LogP contribution is -2.48. The summed E-state index contributed by atoms with van der Waals surface area (Å²) in [5, 5.41) is 0. The molecular weight excluding hydrogens is 349 g/mol. The van der Waals surface area contributed by atoms with E-state index in [1.165, 1.54) is 0 Å². The lowest BCUT2D eigenvalue weighted by atomic mass is 11.5. The van der Waals surface area contributed by atoms with Crippen LogP contribution in [0.25, 0.3) is 0 Å². The predicted molar refractivity (Wildman–Crippen MR) is 44.4 cm³/mol. The van der Waals surface area contributed by atoms with Crippen molar-refractivity contribution in [1.82, 2.24) is 0 Å². The van der Waals surface area contributed by atoms with Crippen LogP contribution in [0.5, 0.6) is 0 Å². The molecule has 0 rings (SSSR count). The molecule has 0 aromatic heterocycles. The normalized spacial score (nSPS) is 16.0. The fraction of sp³-hybridized carbons (Fsp3) is 1.00. The van der Waals surface area contributed by atoms with E-state index in [9.17, 15) is 43.2 Å². The standard InChI is InChI=1S/C3Cl2F6O4S2/c4-1(5,16(12,13)2(6,7)8)17(14,15)3(9,10)11. The molecule has 0 aromatic carbocycles. The third-order valence-corrected chi connectivity index (χ3v) is 7.46. The van der Waals surface area contributed by atoms with E-state index in [1.54, 1.807) is 0 Å². The highest BCUT2D eigenvalue weighted by Gasteiger charge is 2.72. The van der Waals surface area contributed by atoms with Crippen LogP contribution < -0.4 is 0 Å². The first-order chi connectivity index (χ1) is 7.00. The second-order valence-corrected chi connectivity index (χ2v) is 9.01. The Labute approximate surface area is 100 Å². The Morgan fingerprint density at radius 3 is 0.941 bits per heavy atom. The maximum atomic E-state index is 11.9. The molecule has 0 aromatic rings. The van der Waals surface area contributed by atoms with E-state index in [0.717, 1.165) is 0 Å². The molecule has 0 saturated carbocycles. The third-order valence-electron chi connectivity index (χ3n) is 1.24. The molecule has 0 unspecified atom stereocenters. The van der Waals surface area contributed by atoms with Crippen LogP contribution >= 0.6 is 23.2 Å². The largest absolute Gasteiger partial charge is 0.501 e. The van der Waals surface area contributed by atoms with E-state index in [4.69, 9.17) is 0 Å². The first kappa shape index (κ1) is 17.1. The summed E-state index contributed by atoms with van der Waals surface area (Å²) in [7, 11) is -14.0. The summed E-state index contributed by atoms with van der Waals surface area (Å²) in [5.74, 6) is 0. The number of hydrogen-bond acceptors (Lipinski definition) is 4. The Kier molecular flexibility index (Phi) is 4.05. The van der Waals surface area contributed by atoms with Gasteiger partial charge in [-0.05, 0) is 0 Å². The monoisotopic (exact) mass is 348 g/mol. The van der Waals surface area contributed by atoms with Crippen LogP contribution in [0.1, 0.15) is 0 Å². The number of hydrogen-bond donors (Lipinski definition) is 0. The molecule has 104 valence electrons. The molecule has 0 bridgehead atoms. The van der Waals surface area contributed by atoms with Crippen molar-refractivity contribution in [3.8, 4) is 0 Å². The third kappa shape index (κ3) is 2.44. The van der Waals surface area contributed by atoms with Gasteiger partial charge < -0.3 is 0 Å². The molecular formula is C3Cl2F6O4S2. The first-order valence-electron chi connectivity index (χ1n) is 3.00. The minimum Gasteiger partial charge on any atom is -0.215 e. The molecule has 0 atom stereocenters. The van der Waals surface area contributed by atoms with Gasteiger partial charge in [0.25, 0.3) is 19.7 Å². The van der Waals surface area contributed by atoms with E-state index >= 15 is 0 Å². The summed E-state index contributed by atoms with van der Waals surface area (Å²) in [5.41, 5.74) is -12.7. The van der Waals surface area contributed by atoms with Crippen molar-refractivity contribution in [3.63, 3.8) is 0 Å². The molecule has 0 radical (unpaired) electrons. The zero-order valence-electron chi connectivity index (χ0n) is 6.97. The van der Waals surface area contributed by atoms with Crippen LogP contribution in [0.2, 0.25) is 0 Å². The SMILES string of the molecule is O=S(=O)(C(F)(F)F)C(Cl)(Cl)S(=O)(=O)C(F)(F)F. The van der Waals surface area contributed by atoms with Crippen molar-refractivity contribution in [2.45, 2.75) is 14.0 Å². The first-order valence-corrected chi connectivity index (χ1v) is 6.72. The van der Waals surface area contributed by atoms with Crippen LogP contribution in [0.15, 0.2) is 0 Å². The fourth-order valence-electron chi connectivity index (χ4n) is 0.414. The Bertz CT molecular complexity index is 452. The van der Waals surface area contributed by atoms with Gasteiger partial charge in [-0.2, -0.15) is 26.3 Å². The van der Waals surface area contributed by atoms with Crippen LogP contribution in [0, 0.1) is 0 Å².